The van der Waals surface area contributed by atoms with E-state index >= 15 is 0 Å². The Morgan fingerprint density at radius 2 is 2.12 bits per heavy atom. The lowest BCUT2D eigenvalue weighted by atomic mass is 9.99. The van der Waals surface area contributed by atoms with Gasteiger partial charge in [0.2, 0.25) is 5.91 Å². The van der Waals surface area contributed by atoms with Crippen LogP contribution in [0.5, 0.6) is 0 Å². The fourth-order valence-electron chi connectivity index (χ4n) is 2.29. The number of carbonyl (C=O) groups is 1. The third-order valence-electron chi connectivity index (χ3n) is 3.10. The Kier molecular flexibility index (Phi) is 1.86. The molecule has 2 aromatic rings. The molecule has 2 heterocycles. The Bertz CT molecular complexity index is 569. The van der Waals surface area contributed by atoms with Gasteiger partial charge >= 0.3 is 0 Å². The SMILES string of the molecule is NC(=O)c1cc2n(c1)CCc1ccccc1-2. The van der Waals surface area contributed by atoms with E-state index in [1.807, 2.05) is 24.4 Å². The number of nitrogens with zero attached hydrogens (tertiary/aromatic N) is 1. The lowest BCUT2D eigenvalue weighted by Gasteiger charge is -2.18. The van der Waals surface area contributed by atoms with Crippen molar-refractivity contribution >= 4 is 5.91 Å². The molecule has 0 saturated heterocycles. The molecule has 1 amide bonds. The van der Waals surface area contributed by atoms with Gasteiger partial charge < -0.3 is 10.3 Å². The monoisotopic (exact) mass is 212 g/mol. The molecular formula is C13H12N2O. The number of nitrogens with two attached hydrogens (primary N) is 1. The molecule has 1 aromatic carbocycles. The quantitative estimate of drug-likeness (QED) is 0.770. The minimum absolute atomic E-state index is 0.362. The largest absolute Gasteiger partial charge is 0.366 e. The first-order valence-corrected chi connectivity index (χ1v) is 5.34. The van der Waals surface area contributed by atoms with Crippen molar-refractivity contribution < 1.29 is 4.79 Å². The Morgan fingerprint density at radius 3 is 2.94 bits per heavy atom. The van der Waals surface area contributed by atoms with Gasteiger partial charge in [0, 0.05) is 24.0 Å². The second-order valence-electron chi connectivity index (χ2n) is 4.08. The molecule has 0 unspecified atom stereocenters. The van der Waals surface area contributed by atoms with Gasteiger partial charge in [0.05, 0.1) is 5.56 Å². The van der Waals surface area contributed by atoms with Crippen LogP contribution in [0.25, 0.3) is 11.3 Å². The van der Waals surface area contributed by atoms with Gasteiger partial charge in [0.15, 0.2) is 0 Å². The summed E-state index contributed by atoms with van der Waals surface area (Å²) in [5, 5.41) is 0. The molecule has 2 N–H and O–H groups in total. The maximum absolute atomic E-state index is 11.1. The first kappa shape index (κ1) is 9.21. The molecule has 0 saturated carbocycles. The van der Waals surface area contributed by atoms with Crippen molar-refractivity contribution in [3.63, 3.8) is 0 Å². The van der Waals surface area contributed by atoms with Crippen molar-refractivity contribution in [3.05, 3.63) is 47.7 Å². The van der Waals surface area contributed by atoms with E-state index in [0.29, 0.717) is 5.56 Å². The molecule has 3 heteroatoms. The van der Waals surface area contributed by atoms with Crippen LogP contribution >= 0.6 is 0 Å². The molecule has 0 atom stereocenters. The molecular weight excluding hydrogens is 200 g/mol. The van der Waals surface area contributed by atoms with Crippen LogP contribution in [0.4, 0.5) is 0 Å². The number of aryl methyl sites for hydroxylation is 2. The van der Waals surface area contributed by atoms with Gasteiger partial charge in [-0.05, 0) is 18.1 Å². The van der Waals surface area contributed by atoms with Crippen molar-refractivity contribution in [2.24, 2.45) is 5.73 Å². The first-order valence-electron chi connectivity index (χ1n) is 5.34. The Hall–Kier alpha value is -2.03. The smallest absolute Gasteiger partial charge is 0.250 e. The standard InChI is InChI=1S/C13H12N2O/c14-13(16)10-7-12-11-4-2-1-3-9(11)5-6-15(12)8-10/h1-4,7-8H,5-6H2,(H2,14,16). The predicted octanol–water partition coefficient (Wildman–Crippen LogP) is 1.81. The highest BCUT2D eigenvalue weighted by molar-refractivity contribution is 5.94. The zero-order valence-electron chi connectivity index (χ0n) is 8.81. The lowest BCUT2D eigenvalue weighted by Crippen LogP contribution is -2.10. The van der Waals surface area contributed by atoms with Crippen molar-refractivity contribution in [1.82, 2.24) is 4.57 Å². The Balaban J connectivity index is 2.20. The molecule has 0 bridgehead atoms. The first-order chi connectivity index (χ1) is 7.75. The number of carbonyl (C=O) groups excluding carboxylic acids is 1. The van der Waals surface area contributed by atoms with E-state index in [0.717, 1.165) is 18.7 Å². The second kappa shape index (κ2) is 3.23. The van der Waals surface area contributed by atoms with Gasteiger partial charge in [-0.1, -0.05) is 24.3 Å². The van der Waals surface area contributed by atoms with E-state index < -0.39 is 0 Å². The van der Waals surface area contributed by atoms with Crippen molar-refractivity contribution in [3.8, 4) is 11.3 Å². The molecule has 16 heavy (non-hydrogen) atoms. The van der Waals surface area contributed by atoms with Gasteiger partial charge in [-0.25, -0.2) is 0 Å². The lowest BCUT2D eigenvalue weighted by molar-refractivity contribution is 0.100. The maximum atomic E-state index is 11.1. The van der Waals surface area contributed by atoms with Crippen LogP contribution in [0.2, 0.25) is 0 Å². The van der Waals surface area contributed by atoms with Crippen LogP contribution in [0.15, 0.2) is 36.5 Å². The number of fused-ring (bicyclic) bond motifs is 3. The van der Waals surface area contributed by atoms with E-state index in [1.54, 1.807) is 0 Å². The summed E-state index contributed by atoms with van der Waals surface area (Å²) in [5.41, 5.74) is 9.52. The third kappa shape index (κ3) is 1.25. The van der Waals surface area contributed by atoms with Crippen molar-refractivity contribution in [2.75, 3.05) is 0 Å². The fraction of sp³-hybridized carbons (Fsp3) is 0.154. The molecule has 3 nitrogen and oxygen atoms in total. The summed E-state index contributed by atoms with van der Waals surface area (Å²) >= 11 is 0. The van der Waals surface area contributed by atoms with E-state index in [4.69, 9.17) is 5.73 Å². The highest BCUT2D eigenvalue weighted by Crippen LogP contribution is 2.30. The van der Waals surface area contributed by atoms with Crippen LogP contribution < -0.4 is 5.73 Å². The summed E-state index contributed by atoms with van der Waals surface area (Å²) in [5.74, 6) is -0.362. The number of aromatic nitrogens is 1. The van der Waals surface area contributed by atoms with E-state index in [2.05, 4.69) is 16.7 Å². The zero-order valence-corrected chi connectivity index (χ0v) is 8.81. The minimum atomic E-state index is -0.362. The molecule has 1 aromatic heterocycles. The van der Waals surface area contributed by atoms with Gasteiger partial charge in [0.1, 0.15) is 0 Å². The maximum Gasteiger partial charge on any atom is 0.250 e. The van der Waals surface area contributed by atoms with Gasteiger partial charge in [-0.2, -0.15) is 0 Å². The topological polar surface area (TPSA) is 48.0 Å². The highest BCUT2D eigenvalue weighted by Gasteiger charge is 2.17. The number of rotatable bonds is 1. The van der Waals surface area contributed by atoms with Crippen LogP contribution in [0.3, 0.4) is 0 Å². The second-order valence-corrected chi connectivity index (χ2v) is 4.08. The average Bonchev–Trinajstić information content (AvgIpc) is 2.73. The molecule has 1 aliphatic heterocycles. The Labute approximate surface area is 93.5 Å². The molecule has 1 aliphatic rings. The van der Waals surface area contributed by atoms with Crippen molar-refractivity contribution in [1.29, 1.82) is 0 Å². The van der Waals surface area contributed by atoms with E-state index in [1.165, 1.54) is 11.1 Å². The van der Waals surface area contributed by atoms with E-state index in [-0.39, 0.29) is 5.91 Å². The molecule has 0 fully saturated rings. The summed E-state index contributed by atoms with van der Waals surface area (Å²) in [4.78, 5) is 11.1. The predicted molar refractivity (Wildman–Crippen MR) is 62.1 cm³/mol. The molecule has 80 valence electrons. The highest BCUT2D eigenvalue weighted by atomic mass is 16.1. The molecule has 3 rings (SSSR count). The average molecular weight is 212 g/mol. The van der Waals surface area contributed by atoms with Gasteiger partial charge in [-0.3, -0.25) is 4.79 Å². The van der Waals surface area contributed by atoms with Crippen LogP contribution in [0, 0.1) is 0 Å². The number of benzene rings is 1. The summed E-state index contributed by atoms with van der Waals surface area (Å²) in [6, 6.07) is 10.2. The van der Waals surface area contributed by atoms with Crippen LogP contribution in [0.1, 0.15) is 15.9 Å². The molecule has 0 radical (unpaired) electrons. The summed E-state index contributed by atoms with van der Waals surface area (Å²) in [6.45, 7) is 0.916. The van der Waals surface area contributed by atoms with Gasteiger partial charge in [-0.15, -0.1) is 0 Å². The van der Waals surface area contributed by atoms with Crippen LogP contribution in [-0.4, -0.2) is 10.5 Å². The van der Waals surface area contributed by atoms with Crippen LogP contribution in [-0.2, 0) is 13.0 Å². The normalized spacial score (nSPS) is 13.0. The Morgan fingerprint density at radius 1 is 1.31 bits per heavy atom. The molecule has 0 spiro atoms. The number of primary amides is 1. The summed E-state index contributed by atoms with van der Waals surface area (Å²) in [6.07, 6.45) is 2.85. The molecule has 0 aliphatic carbocycles. The van der Waals surface area contributed by atoms with E-state index in [9.17, 15) is 4.79 Å². The fourth-order valence-corrected chi connectivity index (χ4v) is 2.29. The van der Waals surface area contributed by atoms with Crippen molar-refractivity contribution in [2.45, 2.75) is 13.0 Å². The van der Waals surface area contributed by atoms with Gasteiger partial charge in [0.25, 0.3) is 0 Å². The third-order valence-corrected chi connectivity index (χ3v) is 3.10. The summed E-state index contributed by atoms with van der Waals surface area (Å²) < 4.78 is 2.10. The minimum Gasteiger partial charge on any atom is -0.366 e. The summed E-state index contributed by atoms with van der Waals surface area (Å²) in [7, 11) is 0. The zero-order chi connectivity index (χ0) is 11.1. The number of amides is 1. The number of hydrogen-bond acceptors (Lipinski definition) is 1. The number of hydrogen-bond donors (Lipinski definition) is 1.